The Labute approximate surface area is 132 Å². The molecule has 0 fully saturated rings. The first-order valence-corrected chi connectivity index (χ1v) is 6.97. The molecule has 122 valence electrons. The highest BCUT2D eigenvalue weighted by Crippen LogP contribution is 2.21. The first kappa shape index (κ1) is 16.8. The second-order valence-corrected chi connectivity index (χ2v) is 4.98. The highest BCUT2D eigenvalue weighted by molar-refractivity contribution is 5.33. The van der Waals surface area contributed by atoms with Crippen molar-refractivity contribution in [1.29, 1.82) is 0 Å². The van der Waals surface area contributed by atoms with E-state index in [-0.39, 0.29) is 17.5 Å². The molecular formula is C16H16F2N2O3. The van der Waals surface area contributed by atoms with Crippen LogP contribution in [-0.2, 0) is 6.54 Å². The minimum Gasteiger partial charge on any atom is -0.435 e. The van der Waals surface area contributed by atoms with E-state index in [1.807, 2.05) is 13.0 Å². The smallest absolute Gasteiger partial charge is 0.387 e. The summed E-state index contributed by atoms with van der Waals surface area (Å²) in [4.78, 5) is 10.1. The summed E-state index contributed by atoms with van der Waals surface area (Å²) >= 11 is 0. The molecule has 0 amide bonds. The number of ether oxygens (including phenoxy) is 1. The fourth-order valence-electron chi connectivity index (χ4n) is 2.08. The zero-order valence-corrected chi connectivity index (χ0v) is 12.4. The topological polar surface area (TPSA) is 64.4 Å². The van der Waals surface area contributed by atoms with E-state index in [4.69, 9.17) is 0 Å². The lowest BCUT2D eigenvalue weighted by Crippen LogP contribution is -2.18. The summed E-state index contributed by atoms with van der Waals surface area (Å²) in [6, 6.07) is 12.6. The van der Waals surface area contributed by atoms with Crippen molar-refractivity contribution in [2.24, 2.45) is 0 Å². The van der Waals surface area contributed by atoms with Crippen molar-refractivity contribution < 1.29 is 18.4 Å². The fraction of sp³-hybridized carbons (Fsp3) is 0.250. The van der Waals surface area contributed by atoms with Crippen LogP contribution in [0.5, 0.6) is 5.75 Å². The van der Waals surface area contributed by atoms with Crippen LogP contribution in [-0.4, -0.2) is 11.5 Å². The average Bonchev–Trinajstić information content (AvgIpc) is 2.52. The van der Waals surface area contributed by atoms with Gasteiger partial charge in [0.15, 0.2) is 0 Å². The second-order valence-electron chi connectivity index (χ2n) is 4.98. The number of nitro groups is 1. The molecule has 23 heavy (non-hydrogen) atoms. The Bertz CT molecular complexity index is 663. The molecule has 0 heterocycles. The van der Waals surface area contributed by atoms with Crippen LogP contribution in [0.2, 0.25) is 0 Å². The zero-order chi connectivity index (χ0) is 16.8. The van der Waals surface area contributed by atoms with Crippen LogP contribution >= 0.6 is 0 Å². The van der Waals surface area contributed by atoms with Crippen molar-refractivity contribution in [3.05, 3.63) is 69.8 Å². The number of benzene rings is 2. The van der Waals surface area contributed by atoms with Gasteiger partial charge in [0.1, 0.15) is 5.75 Å². The normalized spacial score (nSPS) is 12.2. The van der Waals surface area contributed by atoms with Crippen molar-refractivity contribution in [3.8, 4) is 5.75 Å². The van der Waals surface area contributed by atoms with Gasteiger partial charge in [-0.25, -0.2) is 0 Å². The summed E-state index contributed by atoms with van der Waals surface area (Å²) in [5, 5.41) is 13.8. The first-order valence-electron chi connectivity index (χ1n) is 6.97. The molecule has 1 N–H and O–H groups in total. The minimum absolute atomic E-state index is 0.0404. The Kier molecular flexibility index (Phi) is 5.59. The molecule has 2 aromatic rings. The molecule has 0 radical (unpaired) electrons. The largest absolute Gasteiger partial charge is 0.435 e. The van der Waals surface area contributed by atoms with Gasteiger partial charge in [-0.3, -0.25) is 10.1 Å². The van der Waals surface area contributed by atoms with Gasteiger partial charge in [-0.05, 0) is 30.2 Å². The SMILES string of the molecule is CC(NCc1ccc([N+](=O)[O-])cc1)c1cccc(OC(F)F)c1. The number of hydrogen-bond donors (Lipinski definition) is 1. The van der Waals surface area contributed by atoms with Crippen LogP contribution in [0.3, 0.4) is 0 Å². The van der Waals surface area contributed by atoms with E-state index in [0.717, 1.165) is 11.1 Å². The molecule has 2 rings (SSSR count). The van der Waals surface area contributed by atoms with Crippen molar-refractivity contribution in [2.75, 3.05) is 0 Å². The Balaban J connectivity index is 1.96. The van der Waals surface area contributed by atoms with Crippen molar-refractivity contribution in [2.45, 2.75) is 26.1 Å². The second kappa shape index (κ2) is 7.64. The quantitative estimate of drug-likeness (QED) is 0.617. The van der Waals surface area contributed by atoms with Gasteiger partial charge in [0.25, 0.3) is 5.69 Å². The highest BCUT2D eigenvalue weighted by atomic mass is 19.3. The average molecular weight is 322 g/mol. The van der Waals surface area contributed by atoms with Crippen molar-refractivity contribution in [3.63, 3.8) is 0 Å². The highest BCUT2D eigenvalue weighted by Gasteiger charge is 2.09. The van der Waals surface area contributed by atoms with E-state index >= 15 is 0 Å². The predicted molar refractivity (Wildman–Crippen MR) is 81.4 cm³/mol. The molecule has 7 heteroatoms. The van der Waals surface area contributed by atoms with Crippen molar-refractivity contribution >= 4 is 5.69 Å². The van der Waals surface area contributed by atoms with E-state index in [1.165, 1.54) is 18.2 Å². The van der Waals surface area contributed by atoms with Crippen LogP contribution < -0.4 is 10.1 Å². The molecule has 0 spiro atoms. The molecule has 2 aromatic carbocycles. The third kappa shape index (κ3) is 5.00. The summed E-state index contributed by atoms with van der Waals surface area (Å²) < 4.78 is 28.8. The lowest BCUT2D eigenvalue weighted by molar-refractivity contribution is -0.384. The van der Waals surface area contributed by atoms with Crippen LogP contribution in [0.25, 0.3) is 0 Å². The number of hydrogen-bond acceptors (Lipinski definition) is 4. The number of non-ortho nitro benzene ring substituents is 1. The monoisotopic (exact) mass is 322 g/mol. The molecule has 0 aliphatic carbocycles. The maximum atomic E-state index is 12.2. The van der Waals surface area contributed by atoms with Gasteiger partial charge < -0.3 is 10.1 Å². The summed E-state index contributed by atoms with van der Waals surface area (Å²) in [6.07, 6.45) is 0. The summed E-state index contributed by atoms with van der Waals surface area (Å²) in [6.45, 7) is -0.458. The Morgan fingerprint density at radius 1 is 1.22 bits per heavy atom. The number of nitro benzene ring substituents is 1. The van der Waals surface area contributed by atoms with Gasteiger partial charge in [-0.15, -0.1) is 0 Å². The Morgan fingerprint density at radius 3 is 2.52 bits per heavy atom. The number of halogens is 2. The lowest BCUT2D eigenvalue weighted by atomic mass is 10.1. The standard InChI is InChI=1S/C16H16F2N2O3/c1-11(13-3-2-4-15(9-13)23-16(17)18)19-10-12-5-7-14(8-6-12)20(21)22/h2-9,11,16,19H,10H2,1H3. The third-order valence-corrected chi connectivity index (χ3v) is 3.34. The molecule has 0 saturated heterocycles. The van der Waals surface area contributed by atoms with Gasteiger partial charge in [0, 0.05) is 24.7 Å². The number of nitrogens with one attached hydrogen (secondary N) is 1. The molecule has 1 unspecified atom stereocenters. The molecule has 0 aromatic heterocycles. The molecule has 0 aliphatic rings. The maximum Gasteiger partial charge on any atom is 0.387 e. The maximum absolute atomic E-state index is 12.2. The number of rotatable bonds is 7. The minimum atomic E-state index is -2.85. The van der Waals surface area contributed by atoms with Crippen LogP contribution in [0.15, 0.2) is 48.5 Å². The zero-order valence-electron chi connectivity index (χ0n) is 12.4. The van der Waals surface area contributed by atoms with Gasteiger partial charge in [0.05, 0.1) is 4.92 Å². The van der Waals surface area contributed by atoms with Gasteiger partial charge >= 0.3 is 6.61 Å². The Morgan fingerprint density at radius 2 is 1.91 bits per heavy atom. The molecule has 1 atom stereocenters. The Hall–Kier alpha value is -2.54. The van der Waals surface area contributed by atoms with E-state index < -0.39 is 11.5 Å². The predicted octanol–water partition coefficient (Wildman–Crippen LogP) is 4.05. The van der Waals surface area contributed by atoms with Crippen LogP contribution in [0.1, 0.15) is 24.1 Å². The molecule has 5 nitrogen and oxygen atoms in total. The fourth-order valence-corrected chi connectivity index (χ4v) is 2.08. The summed E-state index contributed by atoms with van der Waals surface area (Å²) in [5.74, 6) is 0.112. The van der Waals surface area contributed by atoms with Gasteiger partial charge in [0.2, 0.25) is 0 Å². The number of alkyl halides is 2. The van der Waals surface area contributed by atoms with Crippen LogP contribution in [0, 0.1) is 10.1 Å². The van der Waals surface area contributed by atoms with Crippen LogP contribution in [0.4, 0.5) is 14.5 Å². The van der Waals surface area contributed by atoms with Crippen molar-refractivity contribution in [1.82, 2.24) is 5.32 Å². The molecule has 0 aliphatic heterocycles. The van der Waals surface area contributed by atoms with E-state index in [2.05, 4.69) is 10.1 Å². The first-order chi connectivity index (χ1) is 11.0. The molecular weight excluding hydrogens is 306 g/mol. The molecule has 0 saturated carbocycles. The molecule has 0 bridgehead atoms. The lowest BCUT2D eigenvalue weighted by Gasteiger charge is -2.15. The van der Waals surface area contributed by atoms with E-state index in [1.54, 1.807) is 24.3 Å². The van der Waals surface area contributed by atoms with E-state index in [9.17, 15) is 18.9 Å². The summed E-state index contributed by atoms with van der Waals surface area (Å²) in [7, 11) is 0. The van der Waals surface area contributed by atoms with Gasteiger partial charge in [-0.1, -0.05) is 24.3 Å². The number of nitrogens with zero attached hydrogens (tertiary/aromatic N) is 1. The summed E-state index contributed by atoms with van der Waals surface area (Å²) in [5.41, 5.74) is 1.74. The van der Waals surface area contributed by atoms with E-state index in [0.29, 0.717) is 6.54 Å². The third-order valence-electron chi connectivity index (χ3n) is 3.34. The van der Waals surface area contributed by atoms with Gasteiger partial charge in [-0.2, -0.15) is 8.78 Å².